The molecule has 1 aromatic rings. The van der Waals surface area contributed by atoms with Crippen LogP contribution in [-0.4, -0.2) is 31.8 Å². The molecule has 0 saturated carbocycles. The van der Waals surface area contributed by atoms with Gasteiger partial charge in [0.25, 0.3) is 0 Å². The first-order valence-corrected chi connectivity index (χ1v) is 7.85. The molecule has 0 heterocycles. The highest BCUT2D eigenvalue weighted by Gasteiger charge is 2.08. The first-order chi connectivity index (χ1) is 10.5. The normalized spacial score (nSPS) is 12.0. The van der Waals surface area contributed by atoms with E-state index in [2.05, 4.69) is 5.32 Å². The van der Waals surface area contributed by atoms with E-state index in [1.165, 1.54) is 0 Å². The molecule has 3 N–H and O–H groups in total. The van der Waals surface area contributed by atoms with Crippen LogP contribution in [0.4, 0.5) is 0 Å². The second-order valence-corrected chi connectivity index (χ2v) is 5.45. The Hall–Kier alpha value is -1.59. The van der Waals surface area contributed by atoms with Crippen LogP contribution in [-0.2, 0) is 16.1 Å². The standard InChI is InChI=1S/C17H28N2O3/c1-4-21-9-10-22-16-11-13(2)5-7-15(16)12-19-17(20)8-6-14(3)18/h5,7,11,14H,4,6,8-10,12,18H2,1-3H3,(H,19,20). The lowest BCUT2D eigenvalue weighted by atomic mass is 10.1. The molecule has 1 amide bonds. The monoisotopic (exact) mass is 308 g/mol. The van der Waals surface area contributed by atoms with E-state index in [9.17, 15) is 4.79 Å². The molecule has 0 aliphatic carbocycles. The molecule has 0 aliphatic heterocycles. The minimum absolute atomic E-state index is 0.0122. The lowest BCUT2D eigenvalue weighted by Gasteiger charge is -2.13. The van der Waals surface area contributed by atoms with Crippen molar-refractivity contribution < 1.29 is 14.3 Å². The quantitative estimate of drug-likeness (QED) is 0.650. The van der Waals surface area contributed by atoms with Crippen LogP contribution in [0, 0.1) is 6.92 Å². The summed E-state index contributed by atoms with van der Waals surface area (Å²) in [5.41, 5.74) is 7.75. The maximum Gasteiger partial charge on any atom is 0.220 e. The topological polar surface area (TPSA) is 73.6 Å². The summed E-state index contributed by atoms with van der Waals surface area (Å²) in [6, 6.07) is 6.02. The minimum atomic E-state index is 0.0122. The third-order valence-electron chi connectivity index (χ3n) is 3.21. The largest absolute Gasteiger partial charge is 0.491 e. The SMILES string of the molecule is CCOCCOc1cc(C)ccc1CNC(=O)CCC(C)N. The highest BCUT2D eigenvalue weighted by Crippen LogP contribution is 2.20. The van der Waals surface area contributed by atoms with Gasteiger partial charge in [0.05, 0.1) is 6.61 Å². The lowest BCUT2D eigenvalue weighted by Crippen LogP contribution is -2.25. The van der Waals surface area contributed by atoms with Crippen molar-refractivity contribution in [3.63, 3.8) is 0 Å². The average Bonchev–Trinajstić information content (AvgIpc) is 2.48. The van der Waals surface area contributed by atoms with Gasteiger partial charge in [-0.05, 0) is 38.8 Å². The molecule has 1 unspecified atom stereocenters. The van der Waals surface area contributed by atoms with Crippen molar-refractivity contribution in [3.8, 4) is 5.75 Å². The van der Waals surface area contributed by atoms with E-state index in [0.29, 0.717) is 39.2 Å². The van der Waals surface area contributed by atoms with Crippen LogP contribution in [0.25, 0.3) is 0 Å². The molecular formula is C17H28N2O3. The number of ether oxygens (including phenoxy) is 2. The number of amides is 1. The zero-order chi connectivity index (χ0) is 16.4. The fraction of sp³-hybridized carbons (Fsp3) is 0.588. The van der Waals surface area contributed by atoms with Crippen LogP contribution in [0.15, 0.2) is 18.2 Å². The highest BCUT2D eigenvalue weighted by molar-refractivity contribution is 5.75. The Morgan fingerprint density at radius 1 is 1.36 bits per heavy atom. The van der Waals surface area contributed by atoms with Gasteiger partial charge in [-0.25, -0.2) is 0 Å². The number of carbonyl (C=O) groups excluding carboxylic acids is 1. The predicted molar refractivity (Wildman–Crippen MR) is 87.9 cm³/mol. The second kappa shape index (κ2) is 10.2. The Labute approximate surface area is 133 Å². The summed E-state index contributed by atoms with van der Waals surface area (Å²) in [6.45, 7) is 8.07. The summed E-state index contributed by atoms with van der Waals surface area (Å²) in [6.07, 6.45) is 1.14. The molecule has 0 fully saturated rings. The molecule has 124 valence electrons. The van der Waals surface area contributed by atoms with Crippen molar-refractivity contribution >= 4 is 5.91 Å². The van der Waals surface area contributed by atoms with E-state index in [-0.39, 0.29) is 11.9 Å². The maximum atomic E-state index is 11.8. The van der Waals surface area contributed by atoms with Crippen molar-refractivity contribution in [3.05, 3.63) is 29.3 Å². The van der Waals surface area contributed by atoms with Crippen molar-refractivity contribution in [1.82, 2.24) is 5.32 Å². The molecule has 5 nitrogen and oxygen atoms in total. The smallest absolute Gasteiger partial charge is 0.220 e. The van der Waals surface area contributed by atoms with Crippen LogP contribution < -0.4 is 15.8 Å². The first-order valence-electron chi connectivity index (χ1n) is 7.85. The van der Waals surface area contributed by atoms with Gasteiger partial charge >= 0.3 is 0 Å². The van der Waals surface area contributed by atoms with Gasteiger partial charge < -0.3 is 20.5 Å². The summed E-state index contributed by atoms with van der Waals surface area (Å²) in [4.78, 5) is 11.8. The van der Waals surface area contributed by atoms with Gasteiger partial charge in [0.1, 0.15) is 12.4 Å². The van der Waals surface area contributed by atoms with E-state index in [1.54, 1.807) is 0 Å². The second-order valence-electron chi connectivity index (χ2n) is 5.45. The van der Waals surface area contributed by atoms with Gasteiger partial charge in [0, 0.05) is 31.2 Å². The number of nitrogens with one attached hydrogen (secondary N) is 1. The van der Waals surface area contributed by atoms with Crippen LogP contribution in [0.5, 0.6) is 5.75 Å². The van der Waals surface area contributed by atoms with Crippen molar-refractivity contribution in [2.75, 3.05) is 19.8 Å². The summed E-state index contributed by atoms with van der Waals surface area (Å²) in [5, 5.41) is 2.91. The Bertz CT molecular complexity index is 461. The van der Waals surface area contributed by atoms with Crippen molar-refractivity contribution in [2.24, 2.45) is 5.73 Å². The number of aryl methyl sites for hydroxylation is 1. The average molecular weight is 308 g/mol. The predicted octanol–water partition coefficient (Wildman–Crippen LogP) is 2.15. The van der Waals surface area contributed by atoms with E-state index in [0.717, 1.165) is 16.9 Å². The van der Waals surface area contributed by atoms with Gasteiger partial charge in [0.15, 0.2) is 0 Å². The molecule has 0 aromatic heterocycles. The molecule has 0 radical (unpaired) electrons. The Morgan fingerprint density at radius 2 is 2.14 bits per heavy atom. The number of carbonyl (C=O) groups is 1. The zero-order valence-corrected chi connectivity index (χ0v) is 13.9. The van der Waals surface area contributed by atoms with Crippen LogP contribution in [0.1, 0.15) is 37.8 Å². The van der Waals surface area contributed by atoms with Gasteiger partial charge in [-0.1, -0.05) is 12.1 Å². The third kappa shape index (κ3) is 7.43. The molecule has 1 rings (SSSR count). The molecule has 5 heteroatoms. The summed E-state index contributed by atoms with van der Waals surface area (Å²) < 4.78 is 11.0. The van der Waals surface area contributed by atoms with E-state index in [1.807, 2.05) is 39.0 Å². The summed E-state index contributed by atoms with van der Waals surface area (Å²) >= 11 is 0. The van der Waals surface area contributed by atoms with Gasteiger partial charge in [-0.2, -0.15) is 0 Å². The van der Waals surface area contributed by atoms with E-state index < -0.39 is 0 Å². The number of hydrogen-bond acceptors (Lipinski definition) is 4. The van der Waals surface area contributed by atoms with Gasteiger partial charge in [-0.15, -0.1) is 0 Å². The lowest BCUT2D eigenvalue weighted by molar-refractivity contribution is -0.121. The molecular weight excluding hydrogens is 280 g/mol. The van der Waals surface area contributed by atoms with Gasteiger partial charge in [-0.3, -0.25) is 4.79 Å². The number of nitrogens with two attached hydrogens (primary N) is 1. The van der Waals surface area contributed by atoms with E-state index >= 15 is 0 Å². The van der Waals surface area contributed by atoms with Crippen LogP contribution >= 0.6 is 0 Å². The molecule has 0 aliphatic rings. The van der Waals surface area contributed by atoms with Gasteiger partial charge in [0.2, 0.25) is 5.91 Å². The number of rotatable bonds is 10. The number of hydrogen-bond donors (Lipinski definition) is 2. The van der Waals surface area contributed by atoms with E-state index in [4.69, 9.17) is 15.2 Å². The Balaban J connectivity index is 2.52. The molecule has 0 spiro atoms. The highest BCUT2D eigenvalue weighted by atomic mass is 16.5. The molecule has 22 heavy (non-hydrogen) atoms. The maximum absolute atomic E-state index is 11.8. The third-order valence-corrected chi connectivity index (χ3v) is 3.21. The van der Waals surface area contributed by atoms with Crippen molar-refractivity contribution in [1.29, 1.82) is 0 Å². The minimum Gasteiger partial charge on any atom is -0.491 e. The molecule has 1 atom stereocenters. The Morgan fingerprint density at radius 3 is 2.82 bits per heavy atom. The fourth-order valence-corrected chi connectivity index (χ4v) is 1.94. The Kier molecular flexibility index (Phi) is 8.55. The summed E-state index contributed by atoms with van der Waals surface area (Å²) in [5.74, 6) is 0.810. The number of benzene rings is 1. The van der Waals surface area contributed by atoms with Crippen molar-refractivity contribution in [2.45, 2.75) is 46.2 Å². The molecule has 0 bridgehead atoms. The molecule has 1 aromatic carbocycles. The first kappa shape index (κ1) is 18.5. The molecule has 0 saturated heterocycles. The van der Waals surface area contributed by atoms with Crippen LogP contribution in [0.3, 0.4) is 0 Å². The van der Waals surface area contributed by atoms with Crippen LogP contribution in [0.2, 0.25) is 0 Å². The summed E-state index contributed by atoms with van der Waals surface area (Å²) in [7, 11) is 0. The fourth-order valence-electron chi connectivity index (χ4n) is 1.94. The zero-order valence-electron chi connectivity index (χ0n) is 13.9.